The fraction of sp³-hybridized carbons (Fsp3) is 0.476. The summed E-state index contributed by atoms with van der Waals surface area (Å²) in [5.41, 5.74) is 1.81. The molecule has 1 amide bonds. The fourth-order valence-corrected chi connectivity index (χ4v) is 7.05. The van der Waals surface area contributed by atoms with Crippen LogP contribution in [-0.2, 0) is 14.6 Å². The van der Waals surface area contributed by atoms with E-state index < -0.39 is 9.84 Å². The Morgan fingerprint density at radius 3 is 2.74 bits per heavy atom. The number of aromatic nitrogens is 3. The van der Waals surface area contributed by atoms with E-state index >= 15 is 0 Å². The van der Waals surface area contributed by atoms with Crippen molar-refractivity contribution in [2.24, 2.45) is 0 Å². The highest BCUT2D eigenvalue weighted by atomic mass is 32.2. The van der Waals surface area contributed by atoms with E-state index in [0.29, 0.717) is 17.5 Å². The topological polar surface area (TPSA) is 109 Å². The van der Waals surface area contributed by atoms with E-state index in [1.807, 2.05) is 35.4 Å². The van der Waals surface area contributed by atoms with Crippen molar-refractivity contribution in [2.45, 2.75) is 49.4 Å². The van der Waals surface area contributed by atoms with Crippen LogP contribution >= 0.6 is 11.8 Å². The van der Waals surface area contributed by atoms with Gasteiger partial charge in [0.05, 0.1) is 22.8 Å². The van der Waals surface area contributed by atoms with Gasteiger partial charge in [-0.1, -0.05) is 42.8 Å². The normalized spacial score (nSPS) is 21.1. The first-order valence-electron chi connectivity index (χ1n) is 10.5. The minimum Gasteiger partial charge on any atom is -0.411 e. The number of rotatable bonds is 6. The third-order valence-electron chi connectivity index (χ3n) is 6.15. The van der Waals surface area contributed by atoms with E-state index in [0.717, 1.165) is 42.1 Å². The summed E-state index contributed by atoms with van der Waals surface area (Å²) in [6, 6.07) is 7.78. The summed E-state index contributed by atoms with van der Waals surface area (Å²) in [6.45, 7) is 0. The Hall–Kier alpha value is -2.33. The number of sulfone groups is 1. The van der Waals surface area contributed by atoms with Gasteiger partial charge < -0.3 is 14.3 Å². The van der Waals surface area contributed by atoms with Gasteiger partial charge in [0.2, 0.25) is 5.91 Å². The van der Waals surface area contributed by atoms with Crippen LogP contribution in [0.5, 0.6) is 0 Å². The molecule has 31 heavy (non-hydrogen) atoms. The zero-order chi connectivity index (χ0) is 21.4. The lowest BCUT2D eigenvalue weighted by atomic mass is 10.1. The van der Waals surface area contributed by atoms with Gasteiger partial charge in [-0.25, -0.2) is 8.42 Å². The van der Waals surface area contributed by atoms with Gasteiger partial charge in [0, 0.05) is 29.2 Å². The second-order valence-corrected chi connectivity index (χ2v) is 11.4. The van der Waals surface area contributed by atoms with Crippen LogP contribution < -0.4 is 0 Å². The van der Waals surface area contributed by atoms with Crippen molar-refractivity contribution in [2.75, 3.05) is 17.3 Å². The van der Waals surface area contributed by atoms with Gasteiger partial charge in [0.1, 0.15) is 0 Å². The summed E-state index contributed by atoms with van der Waals surface area (Å²) < 4.78 is 29.8. The summed E-state index contributed by atoms with van der Waals surface area (Å²) in [4.78, 5) is 18.2. The lowest BCUT2D eigenvalue weighted by molar-refractivity contribution is -0.132. The van der Waals surface area contributed by atoms with Crippen LogP contribution in [0, 0.1) is 0 Å². The zero-order valence-electron chi connectivity index (χ0n) is 17.0. The van der Waals surface area contributed by atoms with Gasteiger partial charge in [-0.15, -0.1) is 10.2 Å². The number of H-pyrrole nitrogens is 1. The lowest BCUT2D eigenvalue weighted by Gasteiger charge is -2.34. The third-order valence-corrected chi connectivity index (χ3v) is 8.71. The van der Waals surface area contributed by atoms with Crippen LogP contribution in [-0.4, -0.2) is 63.7 Å². The molecule has 5 rings (SSSR count). The molecule has 1 aliphatic carbocycles. The molecule has 3 heterocycles. The number of fused-ring (bicyclic) bond motifs is 1. The molecule has 1 atom stereocenters. The number of hydrogen-bond acceptors (Lipinski definition) is 7. The number of nitrogens with one attached hydrogen (secondary N) is 1. The highest BCUT2D eigenvalue weighted by molar-refractivity contribution is 7.99. The first kappa shape index (κ1) is 20.6. The predicted molar refractivity (Wildman–Crippen MR) is 118 cm³/mol. The van der Waals surface area contributed by atoms with E-state index in [2.05, 4.69) is 15.2 Å². The largest absolute Gasteiger partial charge is 0.411 e. The average molecular weight is 461 g/mol. The second kappa shape index (κ2) is 8.31. The van der Waals surface area contributed by atoms with Crippen LogP contribution in [0.1, 0.15) is 32.1 Å². The average Bonchev–Trinajstić information content (AvgIpc) is 3.54. The fourth-order valence-electron chi connectivity index (χ4n) is 4.71. The molecule has 2 fully saturated rings. The van der Waals surface area contributed by atoms with Crippen molar-refractivity contribution in [1.29, 1.82) is 0 Å². The summed E-state index contributed by atoms with van der Waals surface area (Å²) in [5, 5.41) is 9.56. The van der Waals surface area contributed by atoms with Crippen LogP contribution in [0.15, 0.2) is 40.1 Å². The Kier molecular flexibility index (Phi) is 5.51. The first-order chi connectivity index (χ1) is 15.0. The van der Waals surface area contributed by atoms with Crippen molar-refractivity contribution in [1.82, 2.24) is 20.1 Å². The Morgan fingerprint density at radius 2 is 1.97 bits per heavy atom. The van der Waals surface area contributed by atoms with Crippen LogP contribution in [0.3, 0.4) is 0 Å². The molecule has 1 aliphatic heterocycles. The highest BCUT2D eigenvalue weighted by Crippen LogP contribution is 2.32. The predicted octanol–water partition coefficient (Wildman–Crippen LogP) is 3.27. The van der Waals surface area contributed by atoms with Crippen molar-refractivity contribution in [3.63, 3.8) is 0 Å². The SMILES string of the molecule is O=C(CSc1nnc(-c2c[nH]c3ccccc23)o1)N(C1CCCC1)C1CCS(=O)(=O)C1. The molecule has 164 valence electrons. The Balaban J connectivity index is 1.29. The second-order valence-electron chi connectivity index (χ2n) is 8.21. The Morgan fingerprint density at radius 1 is 1.16 bits per heavy atom. The van der Waals surface area contributed by atoms with Gasteiger partial charge in [-0.05, 0) is 25.3 Å². The van der Waals surface area contributed by atoms with E-state index in [1.54, 1.807) is 0 Å². The van der Waals surface area contributed by atoms with Gasteiger partial charge in [0.15, 0.2) is 9.84 Å². The van der Waals surface area contributed by atoms with Crippen molar-refractivity contribution < 1.29 is 17.6 Å². The van der Waals surface area contributed by atoms with Crippen molar-refractivity contribution >= 4 is 38.4 Å². The molecule has 3 aromatic rings. The quantitative estimate of drug-likeness (QED) is 0.562. The highest BCUT2D eigenvalue weighted by Gasteiger charge is 2.39. The van der Waals surface area contributed by atoms with E-state index in [9.17, 15) is 13.2 Å². The first-order valence-corrected chi connectivity index (χ1v) is 13.4. The summed E-state index contributed by atoms with van der Waals surface area (Å²) >= 11 is 1.21. The Bertz CT molecular complexity index is 1200. The molecule has 8 nitrogen and oxygen atoms in total. The maximum atomic E-state index is 13.1. The van der Waals surface area contributed by atoms with E-state index in [-0.39, 0.29) is 35.2 Å². The molecule has 1 aromatic carbocycles. The van der Waals surface area contributed by atoms with Crippen LogP contribution in [0.25, 0.3) is 22.4 Å². The van der Waals surface area contributed by atoms with Gasteiger partial charge in [-0.3, -0.25) is 4.79 Å². The number of para-hydroxylation sites is 1. The monoisotopic (exact) mass is 460 g/mol. The third kappa shape index (κ3) is 4.23. The molecule has 1 saturated carbocycles. The molecule has 0 bridgehead atoms. The molecule has 1 saturated heterocycles. The summed E-state index contributed by atoms with van der Waals surface area (Å²) in [5.74, 6) is 0.750. The van der Waals surface area contributed by atoms with Gasteiger partial charge >= 0.3 is 0 Å². The van der Waals surface area contributed by atoms with E-state index in [1.165, 1.54) is 11.8 Å². The van der Waals surface area contributed by atoms with Crippen molar-refractivity contribution in [3.05, 3.63) is 30.5 Å². The zero-order valence-corrected chi connectivity index (χ0v) is 18.6. The van der Waals surface area contributed by atoms with Crippen LogP contribution in [0.2, 0.25) is 0 Å². The smallest absolute Gasteiger partial charge is 0.277 e. The lowest BCUT2D eigenvalue weighted by Crippen LogP contribution is -2.47. The molecule has 1 N–H and O–H groups in total. The molecule has 2 aromatic heterocycles. The molecule has 2 aliphatic rings. The minimum absolute atomic E-state index is 0.0501. The van der Waals surface area contributed by atoms with Crippen LogP contribution in [0.4, 0.5) is 0 Å². The number of nitrogens with zero attached hydrogens (tertiary/aromatic N) is 3. The number of aromatic amines is 1. The minimum atomic E-state index is -3.05. The molecular weight excluding hydrogens is 436 g/mol. The standard InChI is InChI=1S/C21H24N4O4S2/c26-19(25(14-5-1-2-6-14)15-9-10-31(27,28)13-15)12-30-21-24-23-20(29-21)17-11-22-18-8-4-3-7-16(17)18/h3-4,7-8,11,14-15,22H,1-2,5-6,9-10,12-13H2. The summed E-state index contributed by atoms with van der Waals surface area (Å²) in [7, 11) is -3.05. The number of carbonyl (C=O) groups excluding carboxylic acids is 1. The summed E-state index contributed by atoms with van der Waals surface area (Å²) in [6.07, 6.45) is 6.41. The van der Waals surface area contributed by atoms with Gasteiger partial charge in [-0.2, -0.15) is 0 Å². The number of amides is 1. The molecule has 10 heteroatoms. The number of thioether (sulfide) groups is 1. The maximum Gasteiger partial charge on any atom is 0.277 e. The number of hydrogen-bond donors (Lipinski definition) is 1. The molecular formula is C21H24N4O4S2. The van der Waals surface area contributed by atoms with E-state index in [4.69, 9.17) is 4.42 Å². The maximum absolute atomic E-state index is 13.1. The van der Waals surface area contributed by atoms with Crippen molar-refractivity contribution in [3.8, 4) is 11.5 Å². The molecule has 1 unspecified atom stereocenters. The molecule has 0 spiro atoms. The molecule has 0 radical (unpaired) electrons. The Labute approximate surface area is 184 Å². The number of carbonyl (C=O) groups is 1. The number of benzene rings is 1. The van der Waals surface area contributed by atoms with Gasteiger partial charge in [0.25, 0.3) is 11.1 Å².